The zero-order chi connectivity index (χ0) is 15.4. The number of anilines is 1. The van der Waals surface area contributed by atoms with Crippen LogP contribution in [-0.4, -0.2) is 12.5 Å². The van der Waals surface area contributed by atoms with Crippen molar-refractivity contribution in [1.29, 1.82) is 0 Å². The van der Waals surface area contributed by atoms with Gasteiger partial charge in [0.05, 0.1) is 10.7 Å². The second-order valence-electron chi connectivity index (χ2n) is 4.04. The summed E-state index contributed by atoms with van der Waals surface area (Å²) in [7, 11) is 0. The molecule has 0 radical (unpaired) electrons. The Hall–Kier alpha value is -2.21. The quantitative estimate of drug-likeness (QED) is 0.932. The maximum Gasteiger partial charge on any atom is 0.262 e. The van der Waals surface area contributed by atoms with Crippen LogP contribution in [-0.2, 0) is 4.79 Å². The number of ether oxygens (including phenoxy) is 1. The first kappa shape index (κ1) is 15.2. The van der Waals surface area contributed by atoms with Gasteiger partial charge in [0.15, 0.2) is 6.61 Å². The summed E-state index contributed by atoms with van der Waals surface area (Å²) in [6, 6.07) is 6.07. The number of carbonyl (C=O) groups excluding carboxylic acids is 1. The van der Waals surface area contributed by atoms with Gasteiger partial charge < -0.3 is 10.1 Å². The number of halogens is 4. The third kappa shape index (κ3) is 4.13. The van der Waals surface area contributed by atoms with E-state index < -0.39 is 30.0 Å². The number of nitrogens with one attached hydrogen (secondary N) is 1. The molecule has 1 N–H and O–H groups in total. The van der Waals surface area contributed by atoms with Gasteiger partial charge in [0.2, 0.25) is 0 Å². The summed E-state index contributed by atoms with van der Waals surface area (Å²) < 4.78 is 44.1. The number of carbonyl (C=O) groups is 1. The fraction of sp³-hybridized carbons (Fsp3) is 0.0714. The van der Waals surface area contributed by atoms with Crippen molar-refractivity contribution < 1.29 is 22.7 Å². The van der Waals surface area contributed by atoms with Gasteiger partial charge in [-0.15, -0.1) is 0 Å². The minimum Gasteiger partial charge on any atom is -0.482 e. The van der Waals surface area contributed by atoms with E-state index in [2.05, 4.69) is 5.32 Å². The normalized spacial score (nSPS) is 10.3. The molecule has 0 spiro atoms. The van der Waals surface area contributed by atoms with E-state index in [9.17, 15) is 18.0 Å². The lowest BCUT2D eigenvalue weighted by molar-refractivity contribution is -0.118. The monoisotopic (exact) mass is 315 g/mol. The second kappa shape index (κ2) is 6.49. The summed E-state index contributed by atoms with van der Waals surface area (Å²) in [4.78, 5) is 11.6. The molecule has 21 heavy (non-hydrogen) atoms. The Bertz CT molecular complexity index is 679. The number of amides is 1. The Morgan fingerprint density at radius 1 is 1.10 bits per heavy atom. The van der Waals surface area contributed by atoms with Gasteiger partial charge in [-0.25, -0.2) is 13.2 Å². The highest BCUT2D eigenvalue weighted by Crippen LogP contribution is 2.24. The fourth-order valence-electron chi connectivity index (χ4n) is 1.52. The average molecular weight is 316 g/mol. The number of hydrogen-bond acceptors (Lipinski definition) is 2. The summed E-state index contributed by atoms with van der Waals surface area (Å²) >= 11 is 5.71. The SMILES string of the molecule is O=C(COc1ccc(F)cc1Cl)Nc1cc(F)ccc1F. The van der Waals surface area contributed by atoms with Crippen LogP contribution in [0.2, 0.25) is 5.02 Å². The van der Waals surface area contributed by atoms with Crippen LogP contribution in [0, 0.1) is 17.5 Å². The van der Waals surface area contributed by atoms with Gasteiger partial charge in [-0.1, -0.05) is 11.6 Å². The molecular formula is C14H9ClF3NO2. The van der Waals surface area contributed by atoms with E-state index >= 15 is 0 Å². The van der Waals surface area contributed by atoms with Gasteiger partial charge >= 0.3 is 0 Å². The molecule has 0 aliphatic carbocycles. The molecule has 0 bridgehead atoms. The van der Waals surface area contributed by atoms with Crippen molar-refractivity contribution in [1.82, 2.24) is 0 Å². The van der Waals surface area contributed by atoms with Crippen LogP contribution in [0.4, 0.5) is 18.9 Å². The topological polar surface area (TPSA) is 38.3 Å². The summed E-state index contributed by atoms with van der Waals surface area (Å²) in [6.07, 6.45) is 0. The molecule has 0 saturated heterocycles. The minimum absolute atomic E-state index is 0.000244. The Morgan fingerprint density at radius 3 is 2.48 bits per heavy atom. The molecule has 0 aliphatic heterocycles. The second-order valence-corrected chi connectivity index (χ2v) is 4.44. The standard InChI is InChI=1S/C14H9ClF3NO2/c15-10-5-8(16)2-4-13(10)21-7-14(20)19-12-6-9(17)1-3-11(12)18/h1-6H,7H2,(H,19,20). The van der Waals surface area contributed by atoms with E-state index in [1.165, 1.54) is 6.07 Å². The molecule has 0 unspecified atom stereocenters. The largest absolute Gasteiger partial charge is 0.482 e. The molecule has 3 nitrogen and oxygen atoms in total. The summed E-state index contributed by atoms with van der Waals surface area (Å²) in [5.74, 6) is -2.61. The van der Waals surface area contributed by atoms with E-state index in [1.54, 1.807) is 0 Å². The smallest absolute Gasteiger partial charge is 0.262 e. The van der Waals surface area contributed by atoms with Gasteiger partial charge in [0.25, 0.3) is 5.91 Å². The van der Waals surface area contributed by atoms with E-state index in [0.717, 1.165) is 30.3 Å². The first-order valence-electron chi connectivity index (χ1n) is 5.78. The zero-order valence-electron chi connectivity index (χ0n) is 10.5. The van der Waals surface area contributed by atoms with Gasteiger partial charge in [0.1, 0.15) is 23.2 Å². The maximum atomic E-state index is 13.3. The summed E-state index contributed by atoms with van der Waals surface area (Å²) in [5.41, 5.74) is -0.297. The lowest BCUT2D eigenvalue weighted by atomic mass is 10.3. The lowest BCUT2D eigenvalue weighted by Gasteiger charge is -2.09. The van der Waals surface area contributed by atoms with Crippen molar-refractivity contribution in [2.75, 3.05) is 11.9 Å². The minimum atomic E-state index is -0.774. The molecule has 2 rings (SSSR count). The molecule has 0 heterocycles. The molecule has 0 fully saturated rings. The molecule has 0 saturated carbocycles. The molecule has 0 aliphatic rings. The van der Waals surface area contributed by atoms with Crippen molar-refractivity contribution in [3.63, 3.8) is 0 Å². The molecular weight excluding hydrogens is 307 g/mol. The predicted octanol–water partition coefficient (Wildman–Crippen LogP) is 3.77. The van der Waals surface area contributed by atoms with Gasteiger partial charge in [-0.3, -0.25) is 4.79 Å². The Balaban J connectivity index is 1.97. The van der Waals surface area contributed by atoms with Crippen LogP contribution >= 0.6 is 11.6 Å². The Morgan fingerprint density at radius 2 is 1.76 bits per heavy atom. The van der Waals surface area contributed by atoms with Crippen LogP contribution < -0.4 is 10.1 Å². The van der Waals surface area contributed by atoms with Crippen molar-refractivity contribution in [3.8, 4) is 5.75 Å². The highest BCUT2D eigenvalue weighted by atomic mass is 35.5. The van der Waals surface area contributed by atoms with Crippen LogP contribution in [0.3, 0.4) is 0 Å². The van der Waals surface area contributed by atoms with Crippen LogP contribution in [0.25, 0.3) is 0 Å². The van der Waals surface area contributed by atoms with E-state index in [-0.39, 0.29) is 16.5 Å². The first-order valence-corrected chi connectivity index (χ1v) is 6.16. The van der Waals surface area contributed by atoms with Gasteiger partial charge in [-0.05, 0) is 30.3 Å². The van der Waals surface area contributed by atoms with Gasteiger partial charge in [-0.2, -0.15) is 0 Å². The van der Waals surface area contributed by atoms with Crippen molar-refractivity contribution >= 4 is 23.2 Å². The summed E-state index contributed by atoms with van der Waals surface area (Å²) in [5, 5.41) is 2.16. The number of rotatable bonds is 4. The van der Waals surface area contributed by atoms with Crippen LogP contribution in [0.5, 0.6) is 5.75 Å². The Kier molecular flexibility index (Phi) is 4.70. The third-order valence-corrected chi connectivity index (χ3v) is 2.75. The van der Waals surface area contributed by atoms with E-state index in [0.29, 0.717) is 0 Å². The molecule has 7 heteroatoms. The molecule has 110 valence electrons. The van der Waals surface area contributed by atoms with E-state index in [4.69, 9.17) is 16.3 Å². The summed E-state index contributed by atoms with van der Waals surface area (Å²) in [6.45, 7) is -0.485. The van der Waals surface area contributed by atoms with Gasteiger partial charge in [0, 0.05) is 6.07 Å². The lowest BCUT2D eigenvalue weighted by Crippen LogP contribution is -2.21. The molecule has 0 aromatic heterocycles. The van der Waals surface area contributed by atoms with Crippen LogP contribution in [0.1, 0.15) is 0 Å². The van der Waals surface area contributed by atoms with Crippen LogP contribution in [0.15, 0.2) is 36.4 Å². The highest BCUT2D eigenvalue weighted by molar-refractivity contribution is 6.32. The zero-order valence-corrected chi connectivity index (χ0v) is 11.3. The fourth-order valence-corrected chi connectivity index (χ4v) is 1.74. The van der Waals surface area contributed by atoms with E-state index in [1.807, 2.05) is 0 Å². The molecule has 2 aromatic rings. The number of hydrogen-bond donors (Lipinski definition) is 1. The molecule has 2 aromatic carbocycles. The molecule has 0 atom stereocenters. The van der Waals surface area contributed by atoms with Crippen molar-refractivity contribution in [2.24, 2.45) is 0 Å². The third-order valence-electron chi connectivity index (χ3n) is 2.46. The number of benzene rings is 2. The predicted molar refractivity (Wildman–Crippen MR) is 71.9 cm³/mol. The van der Waals surface area contributed by atoms with Crippen molar-refractivity contribution in [3.05, 3.63) is 58.9 Å². The van der Waals surface area contributed by atoms with Crippen molar-refractivity contribution in [2.45, 2.75) is 0 Å². The Labute approximate surface area is 123 Å². The maximum absolute atomic E-state index is 13.3. The average Bonchev–Trinajstić information content (AvgIpc) is 2.42. The first-order chi connectivity index (χ1) is 9.95. The molecule has 1 amide bonds. The highest BCUT2D eigenvalue weighted by Gasteiger charge is 2.10.